The zero-order chi connectivity index (χ0) is 16.9. The van der Waals surface area contributed by atoms with Crippen molar-refractivity contribution in [1.82, 2.24) is 14.9 Å². The van der Waals surface area contributed by atoms with E-state index in [2.05, 4.69) is 9.97 Å². The number of hydrogen-bond acceptors (Lipinski definition) is 7. The summed E-state index contributed by atoms with van der Waals surface area (Å²) in [6, 6.07) is 5.50. The van der Waals surface area contributed by atoms with Gasteiger partial charge in [-0.1, -0.05) is 6.07 Å². The highest BCUT2D eigenvalue weighted by Crippen LogP contribution is 2.26. The summed E-state index contributed by atoms with van der Waals surface area (Å²) in [6.07, 6.45) is 1.67. The molecule has 0 bridgehead atoms. The van der Waals surface area contributed by atoms with Crippen LogP contribution in [0.2, 0.25) is 0 Å². The number of ether oxygens (including phenoxy) is 2. The van der Waals surface area contributed by atoms with Gasteiger partial charge in [0.25, 0.3) is 5.91 Å². The maximum absolute atomic E-state index is 12.2. The summed E-state index contributed by atoms with van der Waals surface area (Å²) >= 11 is 1.21. The topological polar surface area (TPSA) is 81.6 Å². The minimum absolute atomic E-state index is 0.209. The van der Waals surface area contributed by atoms with E-state index in [1.165, 1.54) is 11.3 Å². The maximum atomic E-state index is 12.2. The fourth-order valence-electron chi connectivity index (χ4n) is 2.28. The molecule has 0 radical (unpaired) electrons. The molecule has 2 aromatic heterocycles. The molecule has 8 heteroatoms. The second-order valence-corrected chi connectivity index (χ2v) is 6.22. The number of hydrogen-bond donors (Lipinski definition) is 0. The maximum Gasteiger partial charge on any atom is 0.350 e. The Morgan fingerprint density at radius 2 is 2.12 bits per heavy atom. The van der Waals surface area contributed by atoms with Crippen molar-refractivity contribution in [3.63, 3.8) is 0 Å². The lowest BCUT2D eigenvalue weighted by atomic mass is 10.3. The number of esters is 1. The zero-order valence-corrected chi connectivity index (χ0v) is 14.0. The quantitative estimate of drug-likeness (QED) is 0.780. The van der Waals surface area contributed by atoms with Crippen molar-refractivity contribution in [3.8, 4) is 10.7 Å². The van der Waals surface area contributed by atoms with Crippen LogP contribution in [0.25, 0.3) is 10.7 Å². The largest absolute Gasteiger partial charge is 0.451 e. The molecule has 1 aliphatic heterocycles. The SMILES string of the molecule is Cc1nc(-c2ccccn2)sc1C(=O)OCC(=O)N1CCOCC1. The van der Waals surface area contributed by atoms with Crippen molar-refractivity contribution in [3.05, 3.63) is 35.0 Å². The molecule has 3 heterocycles. The van der Waals surface area contributed by atoms with Gasteiger partial charge in [0.1, 0.15) is 9.88 Å². The second-order valence-electron chi connectivity index (χ2n) is 5.22. The van der Waals surface area contributed by atoms with Crippen LogP contribution in [0.1, 0.15) is 15.4 Å². The van der Waals surface area contributed by atoms with E-state index >= 15 is 0 Å². The fourth-order valence-corrected chi connectivity index (χ4v) is 3.22. The van der Waals surface area contributed by atoms with E-state index in [-0.39, 0.29) is 12.5 Å². The van der Waals surface area contributed by atoms with Crippen LogP contribution in [0.5, 0.6) is 0 Å². The normalized spacial score (nSPS) is 14.5. The molecule has 1 aliphatic rings. The van der Waals surface area contributed by atoms with Gasteiger partial charge in [-0.2, -0.15) is 0 Å². The number of carbonyl (C=O) groups is 2. The van der Waals surface area contributed by atoms with Crippen LogP contribution in [0.4, 0.5) is 0 Å². The third-order valence-electron chi connectivity index (χ3n) is 3.56. The molecule has 0 unspecified atom stereocenters. The average Bonchev–Trinajstić information content (AvgIpc) is 3.03. The molecule has 1 amide bonds. The number of aromatic nitrogens is 2. The first kappa shape index (κ1) is 16.5. The predicted octanol–water partition coefficient (Wildman–Crippen LogP) is 1.53. The summed E-state index contributed by atoms with van der Waals surface area (Å²) in [5.74, 6) is -0.743. The summed E-state index contributed by atoms with van der Waals surface area (Å²) in [5.41, 5.74) is 1.28. The van der Waals surface area contributed by atoms with E-state index in [1.54, 1.807) is 18.0 Å². The summed E-state index contributed by atoms with van der Waals surface area (Å²) in [4.78, 5) is 34.9. The Morgan fingerprint density at radius 1 is 1.33 bits per heavy atom. The molecule has 0 saturated carbocycles. The number of amides is 1. The van der Waals surface area contributed by atoms with Gasteiger partial charge in [-0.3, -0.25) is 9.78 Å². The Balaban J connectivity index is 1.63. The lowest BCUT2D eigenvalue weighted by Crippen LogP contribution is -2.42. The lowest BCUT2D eigenvalue weighted by molar-refractivity contribution is -0.138. The molecule has 0 spiro atoms. The molecule has 7 nitrogen and oxygen atoms in total. The van der Waals surface area contributed by atoms with Crippen molar-refractivity contribution in [2.24, 2.45) is 0 Å². The molecular weight excluding hydrogens is 330 g/mol. The first-order valence-electron chi connectivity index (χ1n) is 7.56. The summed E-state index contributed by atoms with van der Waals surface area (Å²) in [5, 5.41) is 0.652. The van der Waals surface area contributed by atoms with Crippen LogP contribution in [0.3, 0.4) is 0 Å². The number of morpholine rings is 1. The van der Waals surface area contributed by atoms with E-state index in [4.69, 9.17) is 9.47 Å². The van der Waals surface area contributed by atoms with E-state index in [1.807, 2.05) is 18.2 Å². The highest BCUT2D eigenvalue weighted by atomic mass is 32.1. The minimum atomic E-state index is -0.534. The molecule has 0 N–H and O–H groups in total. The Labute approximate surface area is 143 Å². The van der Waals surface area contributed by atoms with E-state index in [0.717, 1.165) is 0 Å². The van der Waals surface area contributed by atoms with Gasteiger partial charge in [0.15, 0.2) is 6.61 Å². The number of nitrogens with zero attached hydrogens (tertiary/aromatic N) is 3. The third kappa shape index (κ3) is 3.77. The Kier molecular flexibility index (Phi) is 5.17. The van der Waals surface area contributed by atoms with Crippen LogP contribution in [0, 0.1) is 6.92 Å². The van der Waals surface area contributed by atoms with Gasteiger partial charge in [-0.25, -0.2) is 9.78 Å². The van der Waals surface area contributed by atoms with Crippen molar-refractivity contribution < 1.29 is 19.1 Å². The van der Waals surface area contributed by atoms with E-state index in [0.29, 0.717) is 47.6 Å². The molecule has 1 saturated heterocycles. The van der Waals surface area contributed by atoms with Crippen LogP contribution >= 0.6 is 11.3 Å². The van der Waals surface area contributed by atoms with Crippen LogP contribution in [-0.2, 0) is 14.3 Å². The van der Waals surface area contributed by atoms with Gasteiger partial charge in [-0.05, 0) is 19.1 Å². The second kappa shape index (κ2) is 7.50. The van der Waals surface area contributed by atoms with Crippen molar-refractivity contribution >= 4 is 23.2 Å². The van der Waals surface area contributed by atoms with E-state index < -0.39 is 5.97 Å². The monoisotopic (exact) mass is 347 g/mol. The zero-order valence-electron chi connectivity index (χ0n) is 13.2. The lowest BCUT2D eigenvalue weighted by Gasteiger charge is -2.26. The van der Waals surface area contributed by atoms with Gasteiger partial charge in [0.2, 0.25) is 0 Å². The molecule has 1 fully saturated rings. The highest BCUT2D eigenvalue weighted by molar-refractivity contribution is 7.17. The number of aryl methyl sites for hydroxylation is 1. The number of rotatable bonds is 4. The van der Waals surface area contributed by atoms with Gasteiger partial charge in [0.05, 0.1) is 24.6 Å². The van der Waals surface area contributed by atoms with Crippen LogP contribution < -0.4 is 0 Å². The first-order chi connectivity index (χ1) is 11.6. The molecule has 3 rings (SSSR count). The van der Waals surface area contributed by atoms with Gasteiger partial charge in [-0.15, -0.1) is 11.3 Å². The minimum Gasteiger partial charge on any atom is -0.451 e. The summed E-state index contributed by atoms with van der Waals surface area (Å²) in [6.45, 7) is 3.56. The van der Waals surface area contributed by atoms with Crippen molar-refractivity contribution in [2.45, 2.75) is 6.92 Å². The Morgan fingerprint density at radius 3 is 2.83 bits per heavy atom. The molecule has 0 atom stereocenters. The van der Waals surface area contributed by atoms with Crippen LogP contribution in [-0.4, -0.2) is 59.7 Å². The van der Waals surface area contributed by atoms with Gasteiger partial charge < -0.3 is 14.4 Å². The van der Waals surface area contributed by atoms with Crippen molar-refractivity contribution in [2.75, 3.05) is 32.9 Å². The summed E-state index contributed by atoms with van der Waals surface area (Å²) < 4.78 is 10.3. The number of thiazole rings is 1. The van der Waals surface area contributed by atoms with E-state index in [9.17, 15) is 9.59 Å². The van der Waals surface area contributed by atoms with Crippen LogP contribution in [0.15, 0.2) is 24.4 Å². The van der Waals surface area contributed by atoms with Gasteiger partial charge >= 0.3 is 5.97 Å². The molecule has 0 aliphatic carbocycles. The third-order valence-corrected chi connectivity index (χ3v) is 4.72. The Hall–Kier alpha value is -2.32. The molecular formula is C16H17N3O4S. The number of carbonyl (C=O) groups excluding carboxylic acids is 2. The Bertz CT molecular complexity index is 726. The molecule has 0 aromatic carbocycles. The standard InChI is InChI=1S/C16H17N3O4S/c1-11-14(24-15(18-11)12-4-2-3-5-17-12)16(21)23-10-13(20)19-6-8-22-9-7-19/h2-5H,6-10H2,1H3. The summed E-state index contributed by atoms with van der Waals surface area (Å²) in [7, 11) is 0. The number of pyridine rings is 1. The fraction of sp³-hybridized carbons (Fsp3) is 0.375. The first-order valence-corrected chi connectivity index (χ1v) is 8.38. The highest BCUT2D eigenvalue weighted by Gasteiger charge is 2.22. The molecule has 2 aromatic rings. The smallest absolute Gasteiger partial charge is 0.350 e. The molecule has 24 heavy (non-hydrogen) atoms. The average molecular weight is 347 g/mol. The molecule has 126 valence electrons. The van der Waals surface area contributed by atoms with Crippen molar-refractivity contribution in [1.29, 1.82) is 0 Å². The predicted molar refractivity (Wildman–Crippen MR) is 87.8 cm³/mol. The van der Waals surface area contributed by atoms with Gasteiger partial charge in [0, 0.05) is 19.3 Å².